The summed E-state index contributed by atoms with van der Waals surface area (Å²) in [4.78, 5) is 25.3. The summed E-state index contributed by atoms with van der Waals surface area (Å²) in [6, 6.07) is 4.73. The molecule has 0 radical (unpaired) electrons. The number of non-ortho nitro benzene ring substituents is 1. The van der Waals surface area contributed by atoms with Crippen molar-refractivity contribution < 1.29 is 9.72 Å². The Morgan fingerprint density at radius 1 is 1.30 bits per heavy atom. The maximum absolute atomic E-state index is 11.0. The van der Waals surface area contributed by atoms with Gasteiger partial charge in [0.1, 0.15) is 0 Å². The van der Waals surface area contributed by atoms with E-state index in [1.165, 1.54) is 19.2 Å². The first-order valence-electron chi connectivity index (χ1n) is 6.09. The van der Waals surface area contributed by atoms with Gasteiger partial charge in [0.15, 0.2) is 0 Å². The Kier molecular flexibility index (Phi) is 4.09. The first-order chi connectivity index (χ1) is 9.59. The smallest absolute Gasteiger partial charge is 0.277 e. The highest BCUT2D eigenvalue weighted by atomic mass is 16.6. The number of anilines is 1. The zero-order chi connectivity index (χ0) is 14.5. The molecule has 0 spiro atoms. The van der Waals surface area contributed by atoms with Gasteiger partial charge in [0, 0.05) is 49.5 Å². The number of nitrogens with one attached hydrogen (secondary N) is 2. The summed E-state index contributed by atoms with van der Waals surface area (Å²) in [5.74, 6) is -0.0953. The van der Waals surface area contributed by atoms with E-state index in [0.717, 1.165) is 5.69 Å². The number of aromatic nitrogens is 1. The number of amides is 1. The number of benzene rings is 1. The maximum Gasteiger partial charge on any atom is 0.277 e. The Morgan fingerprint density at radius 2 is 2.10 bits per heavy atom. The van der Waals surface area contributed by atoms with E-state index in [1.807, 2.05) is 0 Å². The summed E-state index contributed by atoms with van der Waals surface area (Å²) >= 11 is 0. The molecule has 0 bridgehead atoms. The third-order valence-corrected chi connectivity index (χ3v) is 2.81. The fourth-order valence-electron chi connectivity index (χ4n) is 1.92. The molecule has 0 aliphatic heterocycles. The molecule has 1 heterocycles. The van der Waals surface area contributed by atoms with Gasteiger partial charge < -0.3 is 10.6 Å². The normalized spacial score (nSPS) is 10.2. The molecule has 20 heavy (non-hydrogen) atoms. The van der Waals surface area contributed by atoms with E-state index in [1.54, 1.807) is 18.3 Å². The van der Waals surface area contributed by atoms with E-state index in [-0.39, 0.29) is 11.6 Å². The Balaban J connectivity index is 2.24. The molecule has 7 heteroatoms. The molecular weight excluding hydrogens is 260 g/mol. The number of hydrogen-bond acceptors (Lipinski definition) is 5. The van der Waals surface area contributed by atoms with Crippen LogP contribution in [0.2, 0.25) is 0 Å². The number of pyridine rings is 1. The average molecular weight is 274 g/mol. The lowest BCUT2D eigenvalue weighted by Gasteiger charge is -2.10. The van der Waals surface area contributed by atoms with E-state index in [2.05, 4.69) is 15.6 Å². The molecule has 2 N–H and O–H groups in total. The van der Waals surface area contributed by atoms with Gasteiger partial charge in [0.25, 0.3) is 5.69 Å². The van der Waals surface area contributed by atoms with Gasteiger partial charge in [-0.25, -0.2) is 0 Å². The highest BCUT2D eigenvalue weighted by Crippen LogP contribution is 2.30. The summed E-state index contributed by atoms with van der Waals surface area (Å²) < 4.78 is 0. The fraction of sp³-hybridized carbons (Fsp3) is 0.231. The molecule has 0 fully saturated rings. The van der Waals surface area contributed by atoms with Crippen molar-refractivity contribution in [3.8, 4) is 0 Å². The van der Waals surface area contributed by atoms with Crippen molar-refractivity contribution in [2.45, 2.75) is 6.92 Å². The van der Waals surface area contributed by atoms with Gasteiger partial charge in [0.2, 0.25) is 5.91 Å². The van der Waals surface area contributed by atoms with Crippen molar-refractivity contribution in [3.05, 3.63) is 40.7 Å². The maximum atomic E-state index is 11.0. The number of rotatable bonds is 5. The van der Waals surface area contributed by atoms with Gasteiger partial charge in [0.05, 0.1) is 10.3 Å². The first kappa shape index (κ1) is 13.7. The van der Waals surface area contributed by atoms with Crippen LogP contribution in [0.3, 0.4) is 0 Å². The molecule has 2 aromatic rings. The lowest BCUT2D eigenvalue weighted by atomic mass is 10.1. The van der Waals surface area contributed by atoms with E-state index in [4.69, 9.17) is 0 Å². The monoisotopic (exact) mass is 274 g/mol. The molecule has 0 aliphatic rings. The third-order valence-electron chi connectivity index (χ3n) is 2.81. The Labute approximate surface area is 115 Å². The van der Waals surface area contributed by atoms with Gasteiger partial charge in [-0.1, -0.05) is 0 Å². The Bertz CT molecular complexity index is 657. The first-order valence-corrected chi connectivity index (χ1v) is 6.09. The minimum absolute atomic E-state index is 0.0508. The summed E-state index contributed by atoms with van der Waals surface area (Å²) in [5, 5.41) is 18.0. The van der Waals surface area contributed by atoms with Crippen LogP contribution in [0.5, 0.6) is 0 Å². The Morgan fingerprint density at radius 3 is 2.80 bits per heavy atom. The van der Waals surface area contributed by atoms with Gasteiger partial charge in [-0.3, -0.25) is 19.9 Å². The van der Waals surface area contributed by atoms with Crippen LogP contribution in [-0.2, 0) is 4.79 Å². The summed E-state index contributed by atoms with van der Waals surface area (Å²) in [6.07, 6.45) is 3.11. The second kappa shape index (κ2) is 5.96. The van der Waals surface area contributed by atoms with Crippen LogP contribution in [0.4, 0.5) is 11.4 Å². The number of nitro groups is 1. The number of nitrogens with zero attached hydrogens (tertiary/aromatic N) is 2. The number of carbonyl (C=O) groups is 1. The largest absolute Gasteiger partial charge is 0.383 e. The average Bonchev–Trinajstić information content (AvgIpc) is 2.43. The summed E-state index contributed by atoms with van der Waals surface area (Å²) in [7, 11) is 0. The van der Waals surface area contributed by atoms with Crippen molar-refractivity contribution in [2.24, 2.45) is 0 Å². The second-order valence-electron chi connectivity index (χ2n) is 4.22. The SMILES string of the molecule is CC(=O)NCCNc1ccc([N+](=O)[O-])c2ccncc12. The molecule has 104 valence electrons. The molecule has 0 saturated heterocycles. The summed E-state index contributed by atoms with van der Waals surface area (Å²) in [6.45, 7) is 2.46. The van der Waals surface area contributed by atoms with Crippen LogP contribution < -0.4 is 10.6 Å². The van der Waals surface area contributed by atoms with Crippen LogP contribution in [0.15, 0.2) is 30.6 Å². The van der Waals surface area contributed by atoms with Crippen LogP contribution >= 0.6 is 0 Å². The van der Waals surface area contributed by atoms with Gasteiger partial charge in [-0.15, -0.1) is 0 Å². The van der Waals surface area contributed by atoms with Crippen molar-refractivity contribution >= 4 is 28.1 Å². The molecule has 1 amide bonds. The molecule has 7 nitrogen and oxygen atoms in total. The number of carbonyl (C=O) groups excluding carboxylic acids is 1. The zero-order valence-electron chi connectivity index (χ0n) is 10.9. The van der Waals surface area contributed by atoms with Crippen molar-refractivity contribution in [1.29, 1.82) is 0 Å². The predicted molar refractivity (Wildman–Crippen MR) is 75.6 cm³/mol. The van der Waals surface area contributed by atoms with Crippen LogP contribution in [0, 0.1) is 10.1 Å². The van der Waals surface area contributed by atoms with Crippen LogP contribution in [0.25, 0.3) is 10.8 Å². The predicted octanol–water partition coefficient (Wildman–Crippen LogP) is 1.69. The quantitative estimate of drug-likeness (QED) is 0.491. The topological polar surface area (TPSA) is 97.2 Å². The third kappa shape index (κ3) is 3.00. The van der Waals surface area contributed by atoms with E-state index < -0.39 is 4.92 Å². The molecule has 2 rings (SSSR count). The number of fused-ring (bicyclic) bond motifs is 1. The lowest BCUT2D eigenvalue weighted by Crippen LogP contribution is -2.26. The van der Waals surface area contributed by atoms with Gasteiger partial charge in [-0.05, 0) is 12.1 Å². The minimum Gasteiger partial charge on any atom is -0.383 e. The number of nitro benzene ring substituents is 1. The highest BCUT2D eigenvalue weighted by Gasteiger charge is 2.13. The van der Waals surface area contributed by atoms with E-state index in [9.17, 15) is 14.9 Å². The molecule has 0 unspecified atom stereocenters. The zero-order valence-corrected chi connectivity index (χ0v) is 10.9. The van der Waals surface area contributed by atoms with Gasteiger partial charge in [-0.2, -0.15) is 0 Å². The van der Waals surface area contributed by atoms with E-state index >= 15 is 0 Å². The molecule has 1 aromatic carbocycles. The lowest BCUT2D eigenvalue weighted by molar-refractivity contribution is -0.383. The number of hydrogen-bond donors (Lipinski definition) is 2. The summed E-state index contributed by atoms with van der Waals surface area (Å²) in [5.41, 5.74) is 0.805. The van der Waals surface area contributed by atoms with Gasteiger partial charge >= 0.3 is 0 Å². The molecule has 0 saturated carbocycles. The highest BCUT2D eigenvalue weighted by molar-refractivity contribution is 5.99. The van der Waals surface area contributed by atoms with Crippen LogP contribution in [0.1, 0.15) is 6.92 Å². The minimum atomic E-state index is -0.413. The van der Waals surface area contributed by atoms with E-state index in [0.29, 0.717) is 23.9 Å². The Hall–Kier alpha value is -2.70. The standard InChI is InChI=1S/C13H14N4O3/c1-9(18)15-6-7-16-12-2-3-13(17(19)20)10-4-5-14-8-11(10)12/h2-5,8,16H,6-7H2,1H3,(H,15,18). The molecular formula is C13H14N4O3. The molecule has 0 atom stereocenters. The van der Waals surface area contributed by atoms with Crippen molar-refractivity contribution in [3.63, 3.8) is 0 Å². The molecule has 0 aliphatic carbocycles. The second-order valence-corrected chi connectivity index (χ2v) is 4.22. The fourth-order valence-corrected chi connectivity index (χ4v) is 1.92. The van der Waals surface area contributed by atoms with Crippen molar-refractivity contribution in [1.82, 2.24) is 10.3 Å². The van der Waals surface area contributed by atoms with Crippen molar-refractivity contribution in [2.75, 3.05) is 18.4 Å². The molecule has 1 aromatic heterocycles. The van der Waals surface area contributed by atoms with Crippen LogP contribution in [-0.4, -0.2) is 28.9 Å².